The Balaban J connectivity index is 1.46. The van der Waals surface area contributed by atoms with Crippen molar-refractivity contribution in [1.82, 2.24) is 4.90 Å². The number of likely N-dealkylation sites (tertiary alicyclic amines) is 1. The minimum atomic E-state index is -0.755. The fraction of sp³-hybridized carbons (Fsp3) is 0.500. The normalized spacial score (nSPS) is 22.4. The Bertz CT molecular complexity index is 1250. The molecule has 2 atom stereocenters. The largest absolute Gasteiger partial charge is 0.872 e. The molecule has 8 nitrogen and oxygen atoms in total. The number of unbranched alkanes of at least 4 members (excludes halogenated alkanes) is 2. The summed E-state index contributed by atoms with van der Waals surface area (Å²) >= 11 is 0. The number of Topliss-reactive ketones (excluding diaryl/α,β-unsaturated/α-hetero) is 1. The lowest BCUT2D eigenvalue weighted by atomic mass is 9.94. The average Bonchev–Trinajstić information content (AvgIpc) is 3.46. The molecular formula is C32H40N2O6. The highest BCUT2D eigenvalue weighted by Crippen LogP contribution is 2.40. The number of ether oxygens (including phenoxy) is 3. The van der Waals surface area contributed by atoms with Crippen LogP contribution in [-0.4, -0.2) is 68.7 Å². The van der Waals surface area contributed by atoms with Gasteiger partial charge < -0.3 is 29.1 Å². The van der Waals surface area contributed by atoms with Gasteiger partial charge in [-0.2, -0.15) is 0 Å². The SMILES string of the molecule is CCCCCOc1cccc(C2/C(=C(\[O-])c3ccc4c(c3)CC(C)O4)C(=O)C(=O)N2CCC[NH+]2CCOCC2)c1. The predicted octanol–water partition coefficient (Wildman–Crippen LogP) is 2.11. The summed E-state index contributed by atoms with van der Waals surface area (Å²) in [4.78, 5) is 29.9. The van der Waals surface area contributed by atoms with Crippen LogP contribution in [0.2, 0.25) is 0 Å². The van der Waals surface area contributed by atoms with Gasteiger partial charge in [-0.05, 0) is 54.3 Å². The van der Waals surface area contributed by atoms with Gasteiger partial charge in [0, 0.05) is 25.0 Å². The second-order valence-electron chi connectivity index (χ2n) is 11.0. The van der Waals surface area contributed by atoms with Crippen molar-refractivity contribution in [2.45, 2.75) is 58.1 Å². The van der Waals surface area contributed by atoms with Gasteiger partial charge in [0.05, 0.1) is 32.4 Å². The van der Waals surface area contributed by atoms with Crippen LogP contribution in [0.3, 0.4) is 0 Å². The lowest BCUT2D eigenvalue weighted by Crippen LogP contribution is -3.14. The first-order chi connectivity index (χ1) is 19.5. The maximum Gasteiger partial charge on any atom is 0.295 e. The second kappa shape index (κ2) is 12.9. The topological polar surface area (TPSA) is 92.6 Å². The first kappa shape index (κ1) is 28.2. The summed E-state index contributed by atoms with van der Waals surface area (Å²) in [6, 6.07) is 12.0. The van der Waals surface area contributed by atoms with Gasteiger partial charge in [-0.1, -0.05) is 43.7 Å². The smallest absolute Gasteiger partial charge is 0.295 e. The van der Waals surface area contributed by atoms with E-state index in [-0.39, 0.29) is 11.7 Å². The number of amides is 1. The molecule has 40 heavy (non-hydrogen) atoms. The van der Waals surface area contributed by atoms with Gasteiger partial charge in [0.2, 0.25) is 5.78 Å². The van der Waals surface area contributed by atoms with Gasteiger partial charge in [0.1, 0.15) is 30.7 Å². The molecule has 2 unspecified atom stereocenters. The van der Waals surface area contributed by atoms with Crippen molar-refractivity contribution in [2.75, 3.05) is 46.0 Å². The minimum absolute atomic E-state index is 0.0127. The lowest BCUT2D eigenvalue weighted by Gasteiger charge is -2.29. The zero-order valence-corrected chi connectivity index (χ0v) is 23.6. The molecule has 0 aliphatic carbocycles. The van der Waals surface area contributed by atoms with Crippen molar-refractivity contribution in [3.63, 3.8) is 0 Å². The molecular weight excluding hydrogens is 508 g/mol. The molecule has 2 aromatic rings. The van der Waals surface area contributed by atoms with Crippen LogP contribution < -0.4 is 19.5 Å². The number of carbonyl (C=O) groups excluding carboxylic acids is 2. The Morgan fingerprint density at radius 3 is 2.73 bits per heavy atom. The monoisotopic (exact) mass is 548 g/mol. The molecule has 2 fully saturated rings. The zero-order valence-electron chi connectivity index (χ0n) is 23.6. The van der Waals surface area contributed by atoms with E-state index < -0.39 is 23.5 Å². The van der Waals surface area contributed by atoms with Crippen LogP contribution in [0.5, 0.6) is 11.5 Å². The van der Waals surface area contributed by atoms with Crippen molar-refractivity contribution < 1.29 is 33.8 Å². The molecule has 3 aliphatic heterocycles. The van der Waals surface area contributed by atoms with Crippen LogP contribution in [0.15, 0.2) is 48.0 Å². The number of morpholine rings is 1. The summed E-state index contributed by atoms with van der Waals surface area (Å²) in [6.07, 6.45) is 4.61. The molecule has 0 aromatic heterocycles. The van der Waals surface area contributed by atoms with Crippen molar-refractivity contribution in [1.29, 1.82) is 0 Å². The van der Waals surface area contributed by atoms with Crippen molar-refractivity contribution in [3.8, 4) is 11.5 Å². The summed E-state index contributed by atoms with van der Waals surface area (Å²) in [5.74, 6) is -0.291. The highest BCUT2D eigenvalue weighted by Gasteiger charge is 2.44. The number of fused-ring (bicyclic) bond motifs is 1. The third-order valence-corrected chi connectivity index (χ3v) is 8.01. The Hall–Kier alpha value is -3.36. The van der Waals surface area contributed by atoms with Crippen LogP contribution in [0.25, 0.3) is 5.76 Å². The summed E-state index contributed by atoms with van der Waals surface area (Å²) in [6.45, 7) is 9.34. The molecule has 2 saturated heterocycles. The van der Waals surface area contributed by atoms with E-state index in [1.54, 1.807) is 23.1 Å². The van der Waals surface area contributed by atoms with Gasteiger partial charge >= 0.3 is 0 Å². The van der Waals surface area contributed by atoms with Crippen molar-refractivity contribution in [3.05, 3.63) is 64.7 Å². The number of hydrogen-bond donors (Lipinski definition) is 1. The third kappa shape index (κ3) is 6.18. The fourth-order valence-electron chi connectivity index (χ4n) is 5.89. The molecule has 0 saturated carbocycles. The van der Waals surface area contributed by atoms with E-state index in [0.717, 1.165) is 69.8 Å². The molecule has 0 bridgehead atoms. The average molecular weight is 549 g/mol. The molecule has 3 heterocycles. The Morgan fingerprint density at radius 2 is 1.93 bits per heavy atom. The first-order valence-electron chi connectivity index (χ1n) is 14.7. The van der Waals surface area contributed by atoms with Gasteiger partial charge in [-0.25, -0.2) is 0 Å². The molecule has 1 amide bonds. The minimum Gasteiger partial charge on any atom is -0.872 e. The van der Waals surface area contributed by atoms with E-state index in [2.05, 4.69) is 6.92 Å². The summed E-state index contributed by atoms with van der Waals surface area (Å²) < 4.78 is 17.2. The van der Waals surface area contributed by atoms with Crippen molar-refractivity contribution >= 4 is 17.4 Å². The fourth-order valence-corrected chi connectivity index (χ4v) is 5.89. The molecule has 3 aliphatic rings. The molecule has 0 spiro atoms. The molecule has 0 radical (unpaired) electrons. The summed E-state index contributed by atoms with van der Waals surface area (Å²) in [7, 11) is 0. The van der Waals surface area contributed by atoms with E-state index >= 15 is 0 Å². The Labute approximate surface area is 236 Å². The highest BCUT2D eigenvalue weighted by molar-refractivity contribution is 6.46. The van der Waals surface area contributed by atoms with Crippen LogP contribution in [-0.2, 0) is 20.7 Å². The quantitative estimate of drug-likeness (QED) is 0.200. The summed E-state index contributed by atoms with van der Waals surface area (Å²) in [5, 5.41) is 13.9. The van der Waals surface area contributed by atoms with Crippen LogP contribution >= 0.6 is 0 Å². The Morgan fingerprint density at radius 1 is 1.10 bits per heavy atom. The summed E-state index contributed by atoms with van der Waals surface area (Å²) in [5.41, 5.74) is 2.08. The van der Waals surface area contributed by atoms with E-state index in [1.165, 1.54) is 4.90 Å². The number of quaternary nitrogens is 1. The number of carbonyl (C=O) groups is 2. The van der Waals surface area contributed by atoms with Gasteiger partial charge in [0.15, 0.2) is 0 Å². The van der Waals surface area contributed by atoms with E-state index in [0.29, 0.717) is 36.4 Å². The third-order valence-electron chi connectivity index (χ3n) is 8.01. The van der Waals surface area contributed by atoms with Crippen LogP contribution in [0.1, 0.15) is 62.3 Å². The van der Waals surface area contributed by atoms with Gasteiger partial charge in [0.25, 0.3) is 5.91 Å². The zero-order chi connectivity index (χ0) is 28.1. The maximum absolute atomic E-state index is 13.9. The molecule has 5 rings (SSSR count). The number of ketones is 1. The molecule has 2 aromatic carbocycles. The molecule has 8 heteroatoms. The van der Waals surface area contributed by atoms with E-state index in [4.69, 9.17) is 14.2 Å². The second-order valence-corrected chi connectivity index (χ2v) is 11.0. The van der Waals surface area contributed by atoms with Crippen LogP contribution in [0.4, 0.5) is 0 Å². The van der Waals surface area contributed by atoms with Crippen LogP contribution in [0, 0.1) is 0 Å². The van der Waals surface area contributed by atoms with Gasteiger partial charge in [-0.15, -0.1) is 0 Å². The van der Waals surface area contributed by atoms with E-state index in [9.17, 15) is 14.7 Å². The first-order valence-corrected chi connectivity index (χ1v) is 14.7. The molecule has 214 valence electrons. The lowest BCUT2D eigenvalue weighted by molar-refractivity contribution is -0.908. The van der Waals surface area contributed by atoms with Gasteiger partial charge in [-0.3, -0.25) is 9.59 Å². The standard InChI is InChI=1S/C32H40N2O6/c1-3-4-5-16-39-26-9-6-8-23(21-26)29-28(30(35)24-10-11-27-25(20-24)19-22(2)40-27)31(36)32(37)34(29)13-7-12-33-14-17-38-18-15-33/h6,8-11,20-22,29,35H,3-5,7,12-19H2,1-2H3/b30-28+. The Kier molecular flexibility index (Phi) is 9.07. The molecule has 1 N–H and O–H groups in total. The van der Waals surface area contributed by atoms with E-state index in [1.807, 2.05) is 31.2 Å². The predicted molar refractivity (Wildman–Crippen MR) is 149 cm³/mol. The number of hydrogen-bond acceptors (Lipinski definition) is 6. The number of nitrogens with zero attached hydrogens (tertiary/aromatic N) is 1. The number of benzene rings is 2. The number of rotatable bonds is 11. The maximum atomic E-state index is 13.9. The number of nitrogens with one attached hydrogen (secondary N) is 1. The highest BCUT2D eigenvalue weighted by atomic mass is 16.5. The van der Waals surface area contributed by atoms with Crippen molar-refractivity contribution in [2.24, 2.45) is 0 Å².